The van der Waals surface area contributed by atoms with Gasteiger partial charge in [0.1, 0.15) is 5.82 Å². The second kappa shape index (κ2) is 12.3. The summed E-state index contributed by atoms with van der Waals surface area (Å²) >= 11 is 0. The second-order valence-electron chi connectivity index (χ2n) is 8.24. The zero-order chi connectivity index (χ0) is 24.5. The van der Waals surface area contributed by atoms with Gasteiger partial charge < -0.3 is 9.47 Å². The van der Waals surface area contributed by atoms with Gasteiger partial charge in [-0.15, -0.1) is 0 Å². The molecule has 3 nitrogen and oxygen atoms in total. The third-order valence-electron chi connectivity index (χ3n) is 5.60. The van der Waals surface area contributed by atoms with Gasteiger partial charge in [0, 0.05) is 0 Å². The number of aryl methyl sites for hydroxylation is 1. The van der Waals surface area contributed by atoms with E-state index in [0.717, 1.165) is 32.1 Å². The first-order valence-electron chi connectivity index (χ1n) is 11.6. The van der Waals surface area contributed by atoms with Crippen molar-refractivity contribution in [2.75, 3.05) is 6.61 Å². The van der Waals surface area contributed by atoms with E-state index in [2.05, 4.69) is 6.92 Å². The van der Waals surface area contributed by atoms with Crippen molar-refractivity contribution in [2.45, 2.75) is 52.4 Å². The van der Waals surface area contributed by atoms with E-state index in [0.29, 0.717) is 23.3 Å². The summed E-state index contributed by atoms with van der Waals surface area (Å²) in [6, 6.07) is 13.5. The van der Waals surface area contributed by atoms with Gasteiger partial charge in [-0.2, -0.15) is 8.78 Å². The maximum absolute atomic E-state index is 14.4. The first-order valence-corrected chi connectivity index (χ1v) is 11.6. The smallest absolute Gasteiger partial charge is 0.343 e. The quantitative estimate of drug-likeness (QED) is 0.162. The van der Waals surface area contributed by atoms with Crippen molar-refractivity contribution in [1.29, 1.82) is 0 Å². The van der Waals surface area contributed by atoms with Crippen molar-refractivity contribution in [3.8, 4) is 22.6 Å². The van der Waals surface area contributed by atoms with Gasteiger partial charge in [0.2, 0.25) is 11.6 Å². The molecule has 180 valence electrons. The lowest BCUT2D eigenvalue weighted by Gasteiger charge is -2.11. The van der Waals surface area contributed by atoms with E-state index in [9.17, 15) is 18.0 Å². The Kier molecular flexibility index (Phi) is 9.14. The molecule has 0 amide bonds. The van der Waals surface area contributed by atoms with Gasteiger partial charge in [-0.3, -0.25) is 0 Å². The van der Waals surface area contributed by atoms with Crippen molar-refractivity contribution >= 4 is 5.97 Å². The van der Waals surface area contributed by atoms with Crippen LogP contribution in [-0.2, 0) is 0 Å². The maximum Gasteiger partial charge on any atom is 0.343 e. The molecule has 0 spiro atoms. The van der Waals surface area contributed by atoms with E-state index in [1.807, 2.05) is 0 Å². The summed E-state index contributed by atoms with van der Waals surface area (Å²) in [7, 11) is 0. The minimum absolute atomic E-state index is 0.152. The molecule has 34 heavy (non-hydrogen) atoms. The Labute approximate surface area is 198 Å². The SMILES string of the molecule is CCCCCCCCOc1ccc(OC(=O)c2ccc(-c3ccc(C)c(F)c3)cc2)c(F)c1F. The third-order valence-corrected chi connectivity index (χ3v) is 5.60. The summed E-state index contributed by atoms with van der Waals surface area (Å²) in [4.78, 5) is 12.4. The first kappa shape index (κ1) is 25.3. The molecule has 0 atom stereocenters. The number of rotatable bonds is 11. The Hall–Kier alpha value is -3.28. The van der Waals surface area contributed by atoms with Crippen LogP contribution in [0.15, 0.2) is 54.6 Å². The molecule has 6 heteroatoms. The molecule has 0 aliphatic rings. The van der Waals surface area contributed by atoms with Gasteiger partial charge in [0.05, 0.1) is 12.2 Å². The monoisotopic (exact) mass is 470 g/mol. The predicted molar refractivity (Wildman–Crippen MR) is 127 cm³/mol. The highest BCUT2D eigenvalue weighted by atomic mass is 19.2. The molecule has 0 N–H and O–H groups in total. The molecule has 3 aromatic carbocycles. The van der Waals surface area contributed by atoms with Gasteiger partial charge in [0.25, 0.3) is 0 Å². The molecule has 0 heterocycles. The van der Waals surface area contributed by atoms with E-state index in [-0.39, 0.29) is 17.1 Å². The van der Waals surface area contributed by atoms with E-state index in [1.54, 1.807) is 31.2 Å². The van der Waals surface area contributed by atoms with Crippen LogP contribution in [0.1, 0.15) is 61.4 Å². The minimum atomic E-state index is -1.28. The van der Waals surface area contributed by atoms with Crippen molar-refractivity contribution < 1.29 is 27.4 Å². The van der Waals surface area contributed by atoms with E-state index >= 15 is 0 Å². The number of hydrogen-bond acceptors (Lipinski definition) is 3. The van der Waals surface area contributed by atoms with Gasteiger partial charge in [-0.05, 0) is 60.4 Å². The number of carbonyl (C=O) groups is 1. The average molecular weight is 471 g/mol. The van der Waals surface area contributed by atoms with Crippen LogP contribution in [0.3, 0.4) is 0 Å². The van der Waals surface area contributed by atoms with Crippen LogP contribution < -0.4 is 9.47 Å². The summed E-state index contributed by atoms with van der Waals surface area (Å²) in [6.45, 7) is 4.11. The summed E-state index contributed by atoms with van der Waals surface area (Å²) in [5, 5.41) is 0. The first-order chi connectivity index (χ1) is 16.4. The lowest BCUT2D eigenvalue weighted by Crippen LogP contribution is -2.10. The Balaban J connectivity index is 1.59. The lowest BCUT2D eigenvalue weighted by atomic mass is 10.0. The van der Waals surface area contributed by atoms with Crippen molar-refractivity contribution in [2.24, 2.45) is 0 Å². The van der Waals surface area contributed by atoms with E-state index in [1.165, 1.54) is 36.8 Å². The highest BCUT2D eigenvalue weighted by molar-refractivity contribution is 5.91. The van der Waals surface area contributed by atoms with Gasteiger partial charge in [-0.1, -0.05) is 63.3 Å². The topological polar surface area (TPSA) is 35.5 Å². The predicted octanol–water partition coefficient (Wildman–Crippen LogP) is 8.04. The lowest BCUT2D eigenvalue weighted by molar-refractivity contribution is 0.0726. The van der Waals surface area contributed by atoms with E-state index < -0.39 is 23.4 Å². The van der Waals surface area contributed by atoms with Gasteiger partial charge in [-0.25, -0.2) is 9.18 Å². The standard InChI is InChI=1S/C28H29F3O3/c1-3-4-5-6-7-8-17-33-24-15-16-25(27(31)26(24)30)34-28(32)21-13-11-20(12-14-21)22-10-9-19(2)23(29)18-22/h9-16,18H,3-8,17H2,1-2H3. The molecule has 0 saturated carbocycles. The van der Waals surface area contributed by atoms with Crippen LogP contribution >= 0.6 is 0 Å². The molecule has 0 aliphatic heterocycles. The number of ether oxygens (including phenoxy) is 2. The largest absolute Gasteiger partial charge is 0.490 e. The van der Waals surface area contributed by atoms with Crippen LogP contribution in [0.25, 0.3) is 11.1 Å². The summed E-state index contributed by atoms with van der Waals surface area (Å²) < 4.78 is 53.0. The molecule has 0 fully saturated rings. The third kappa shape index (κ3) is 6.62. The Morgan fingerprint density at radius 2 is 1.38 bits per heavy atom. The molecule has 0 aromatic heterocycles. The highest BCUT2D eigenvalue weighted by Gasteiger charge is 2.19. The molecule has 0 unspecified atom stereocenters. The molecule has 0 bridgehead atoms. The second-order valence-corrected chi connectivity index (χ2v) is 8.24. The Morgan fingerprint density at radius 3 is 2.09 bits per heavy atom. The number of benzene rings is 3. The molecule has 3 aromatic rings. The fourth-order valence-corrected chi connectivity index (χ4v) is 3.50. The summed E-state index contributed by atoms with van der Waals surface area (Å²) in [5.41, 5.74) is 2.06. The fourth-order valence-electron chi connectivity index (χ4n) is 3.50. The number of carbonyl (C=O) groups excluding carboxylic acids is 1. The Bertz CT molecular complexity index is 1110. The molecule has 0 aliphatic carbocycles. The van der Waals surface area contributed by atoms with Gasteiger partial charge in [0.15, 0.2) is 11.5 Å². The van der Waals surface area contributed by atoms with Crippen molar-refractivity contribution in [3.63, 3.8) is 0 Å². The zero-order valence-corrected chi connectivity index (χ0v) is 19.5. The summed E-state index contributed by atoms with van der Waals surface area (Å²) in [6.07, 6.45) is 6.33. The van der Waals surface area contributed by atoms with E-state index in [4.69, 9.17) is 9.47 Å². The number of esters is 1. The summed E-state index contributed by atoms with van der Waals surface area (Å²) in [5.74, 6) is -4.34. The van der Waals surface area contributed by atoms with Crippen LogP contribution in [0.2, 0.25) is 0 Å². The normalized spacial score (nSPS) is 10.9. The van der Waals surface area contributed by atoms with Crippen LogP contribution in [0.4, 0.5) is 13.2 Å². The minimum Gasteiger partial charge on any atom is -0.490 e. The van der Waals surface area contributed by atoms with Crippen LogP contribution in [0.5, 0.6) is 11.5 Å². The number of hydrogen-bond donors (Lipinski definition) is 0. The molecular formula is C28H29F3O3. The average Bonchev–Trinajstić information content (AvgIpc) is 2.84. The molecular weight excluding hydrogens is 441 g/mol. The van der Waals surface area contributed by atoms with Crippen LogP contribution in [0, 0.1) is 24.4 Å². The Morgan fingerprint density at radius 1 is 0.765 bits per heavy atom. The van der Waals surface area contributed by atoms with Crippen molar-refractivity contribution in [3.05, 3.63) is 83.2 Å². The molecule has 0 radical (unpaired) electrons. The number of unbranched alkanes of at least 4 members (excludes halogenated alkanes) is 5. The molecule has 0 saturated heterocycles. The van der Waals surface area contributed by atoms with Gasteiger partial charge >= 0.3 is 5.97 Å². The fraction of sp³-hybridized carbons (Fsp3) is 0.321. The maximum atomic E-state index is 14.4. The molecule has 3 rings (SSSR count). The number of halogens is 3. The van der Waals surface area contributed by atoms with Crippen LogP contribution in [-0.4, -0.2) is 12.6 Å². The zero-order valence-electron chi connectivity index (χ0n) is 19.5. The highest BCUT2D eigenvalue weighted by Crippen LogP contribution is 2.29. The van der Waals surface area contributed by atoms with Crippen molar-refractivity contribution in [1.82, 2.24) is 0 Å².